The summed E-state index contributed by atoms with van der Waals surface area (Å²) in [4.78, 5) is 25.9. The van der Waals surface area contributed by atoms with Gasteiger partial charge in [-0.2, -0.15) is 0 Å². The Morgan fingerprint density at radius 3 is 2.37 bits per heavy atom. The van der Waals surface area contributed by atoms with Crippen molar-refractivity contribution >= 4 is 11.8 Å². The molecule has 5 nitrogen and oxygen atoms in total. The molecule has 0 heterocycles. The molecule has 0 saturated heterocycles. The number of ether oxygens (including phenoxy) is 1. The average molecular weight is 368 g/mol. The van der Waals surface area contributed by atoms with Crippen LogP contribution in [0.3, 0.4) is 0 Å². The number of carbonyl (C=O) groups excluding carboxylic acids is 2. The third-order valence-corrected chi connectivity index (χ3v) is 4.08. The van der Waals surface area contributed by atoms with Crippen LogP contribution in [0.5, 0.6) is 5.75 Å². The van der Waals surface area contributed by atoms with Crippen molar-refractivity contribution in [2.75, 3.05) is 19.7 Å². The second kappa shape index (κ2) is 10.4. The number of hydrogen-bond acceptors (Lipinski definition) is 3. The molecule has 0 aliphatic rings. The Hall–Kier alpha value is -2.82. The van der Waals surface area contributed by atoms with Gasteiger partial charge >= 0.3 is 0 Å². The average Bonchev–Trinajstić information content (AvgIpc) is 2.65. The van der Waals surface area contributed by atoms with Gasteiger partial charge in [-0.3, -0.25) is 9.59 Å². The van der Waals surface area contributed by atoms with E-state index in [1.807, 2.05) is 63.2 Å². The van der Waals surface area contributed by atoms with Gasteiger partial charge in [0, 0.05) is 19.0 Å². The van der Waals surface area contributed by atoms with E-state index < -0.39 is 0 Å². The molecule has 5 heteroatoms. The lowest BCUT2D eigenvalue weighted by Gasteiger charge is -2.21. The minimum Gasteiger partial charge on any atom is -0.483 e. The fourth-order valence-corrected chi connectivity index (χ4v) is 2.75. The molecule has 144 valence electrons. The lowest BCUT2D eigenvalue weighted by atomic mass is 10.0. The van der Waals surface area contributed by atoms with Crippen LogP contribution in [-0.2, 0) is 16.0 Å². The molecule has 0 radical (unpaired) electrons. The molecule has 2 amide bonds. The molecule has 1 N–H and O–H groups in total. The number of nitrogens with one attached hydrogen (secondary N) is 1. The molecule has 2 rings (SSSR count). The Labute approximate surface area is 161 Å². The zero-order chi connectivity index (χ0) is 19.6. The van der Waals surface area contributed by atoms with E-state index in [0.717, 1.165) is 12.0 Å². The summed E-state index contributed by atoms with van der Waals surface area (Å²) in [6, 6.07) is 17.9. The zero-order valence-corrected chi connectivity index (χ0v) is 16.3. The van der Waals surface area contributed by atoms with E-state index in [-0.39, 0.29) is 31.0 Å². The van der Waals surface area contributed by atoms with Crippen LogP contribution >= 0.6 is 0 Å². The van der Waals surface area contributed by atoms with E-state index >= 15 is 0 Å². The molecule has 0 aromatic heterocycles. The second-order valence-corrected chi connectivity index (χ2v) is 6.69. The fraction of sp³-hybridized carbons (Fsp3) is 0.364. The van der Waals surface area contributed by atoms with Gasteiger partial charge in [0.25, 0.3) is 5.91 Å². The third kappa shape index (κ3) is 6.77. The lowest BCUT2D eigenvalue weighted by Crippen LogP contribution is -2.44. The molecular weight excluding hydrogens is 340 g/mol. The molecule has 0 unspecified atom stereocenters. The summed E-state index contributed by atoms with van der Waals surface area (Å²) in [6.45, 7) is 6.05. The number of benzene rings is 2. The highest BCUT2D eigenvalue weighted by molar-refractivity contribution is 5.85. The van der Waals surface area contributed by atoms with Crippen LogP contribution in [0.4, 0.5) is 0 Å². The van der Waals surface area contributed by atoms with Crippen LogP contribution in [0.15, 0.2) is 54.6 Å². The van der Waals surface area contributed by atoms with Crippen molar-refractivity contribution in [3.63, 3.8) is 0 Å². The summed E-state index contributed by atoms with van der Waals surface area (Å²) in [5.41, 5.74) is 2.21. The number of amides is 2. The molecular formula is C22H28N2O3. The van der Waals surface area contributed by atoms with E-state index in [4.69, 9.17) is 4.74 Å². The van der Waals surface area contributed by atoms with Crippen LogP contribution in [-0.4, -0.2) is 42.5 Å². The first-order valence-corrected chi connectivity index (χ1v) is 9.31. The Balaban J connectivity index is 1.97. The Morgan fingerprint density at radius 1 is 1.04 bits per heavy atom. The highest BCUT2D eigenvalue weighted by atomic mass is 16.5. The molecule has 0 atom stereocenters. The largest absolute Gasteiger partial charge is 0.483 e. The minimum atomic E-state index is -0.203. The number of carbonyl (C=O) groups is 2. The van der Waals surface area contributed by atoms with Crippen molar-refractivity contribution in [2.24, 2.45) is 0 Å². The quantitative estimate of drug-likeness (QED) is 0.740. The summed E-state index contributed by atoms with van der Waals surface area (Å²) in [5.74, 6) is 0.327. The van der Waals surface area contributed by atoms with E-state index in [0.29, 0.717) is 12.3 Å². The normalized spacial score (nSPS) is 10.5. The molecule has 0 spiro atoms. The summed E-state index contributed by atoms with van der Waals surface area (Å²) in [6.07, 6.45) is 0.736. The number of rotatable bonds is 9. The molecule has 0 aliphatic carbocycles. The maximum absolute atomic E-state index is 12.5. The van der Waals surface area contributed by atoms with Gasteiger partial charge in [0.15, 0.2) is 6.61 Å². The molecule has 27 heavy (non-hydrogen) atoms. The van der Waals surface area contributed by atoms with E-state index in [1.54, 1.807) is 0 Å². The SMILES string of the molecule is CCN(CC(=O)NC(C)C)C(=O)COc1ccccc1Cc1ccccc1. The number of nitrogens with zero attached hydrogens (tertiary/aromatic N) is 1. The third-order valence-electron chi connectivity index (χ3n) is 4.08. The van der Waals surface area contributed by atoms with Gasteiger partial charge in [-0.05, 0) is 38.0 Å². The Morgan fingerprint density at radius 2 is 1.70 bits per heavy atom. The van der Waals surface area contributed by atoms with Crippen LogP contribution < -0.4 is 10.1 Å². The van der Waals surface area contributed by atoms with Crippen LogP contribution in [0.25, 0.3) is 0 Å². The van der Waals surface area contributed by atoms with Gasteiger partial charge in [0.1, 0.15) is 5.75 Å². The first-order chi connectivity index (χ1) is 13.0. The maximum atomic E-state index is 12.5. The fourth-order valence-electron chi connectivity index (χ4n) is 2.75. The standard InChI is InChI=1S/C22H28N2O3/c1-4-24(15-21(25)23-17(2)3)22(26)16-27-20-13-9-8-12-19(20)14-18-10-6-5-7-11-18/h5-13,17H,4,14-16H2,1-3H3,(H,23,25). The summed E-state index contributed by atoms with van der Waals surface area (Å²) in [5, 5.41) is 2.80. The summed E-state index contributed by atoms with van der Waals surface area (Å²) < 4.78 is 5.79. The topological polar surface area (TPSA) is 58.6 Å². The van der Waals surface area contributed by atoms with E-state index in [9.17, 15) is 9.59 Å². The van der Waals surface area contributed by atoms with Gasteiger partial charge in [-0.15, -0.1) is 0 Å². The predicted molar refractivity (Wildman–Crippen MR) is 107 cm³/mol. The summed E-state index contributed by atoms with van der Waals surface area (Å²) >= 11 is 0. The van der Waals surface area contributed by atoms with Crippen LogP contribution in [0, 0.1) is 0 Å². The van der Waals surface area contributed by atoms with Crippen molar-refractivity contribution in [3.8, 4) is 5.75 Å². The molecule has 0 aliphatic heterocycles. The van der Waals surface area contributed by atoms with Gasteiger partial charge < -0.3 is 15.0 Å². The van der Waals surface area contributed by atoms with Gasteiger partial charge in [0.05, 0.1) is 6.54 Å². The lowest BCUT2D eigenvalue weighted by molar-refractivity contribution is -0.137. The van der Waals surface area contributed by atoms with Gasteiger partial charge in [0.2, 0.25) is 5.91 Å². The van der Waals surface area contributed by atoms with Crippen molar-refractivity contribution in [3.05, 3.63) is 65.7 Å². The smallest absolute Gasteiger partial charge is 0.260 e. The van der Waals surface area contributed by atoms with Crippen LogP contribution in [0.1, 0.15) is 31.9 Å². The summed E-state index contributed by atoms with van der Waals surface area (Å²) in [7, 11) is 0. The van der Waals surface area contributed by atoms with E-state index in [2.05, 4.69) is 17.4 Å². The van der Waals surface area contributed by atoms with Crippen LogP contribution in [0.2, 0.25) is 0 Å². The van der Waals surface area contributed by atoms with Gasteiger partial charge in [-0.1, -0.05) is 48.5 Å². The first kappa shape index (κ1) is 20.5. The van der Waals surface area contributed by atoms with E-state index in [1.165, 1.54) is 10.5 Å². The van der Waals surface area contributed by atoms with Crippen molar-refractivity contribution in [1.29, 1.82) is 0 Å². The Bertz CT molecular complexity index is 744. The molecule has 2 aromatic carbocycles. The number of para-hydroxylation sites is 1. The molecule has 0 bridgehead atoms. The zero-order valence-electron chi connectivity index (χ0n) is 16.3. The van der Waals surface area contributed by atoms with Crippen molar-refractivity contribution in [2.45, 2.75) is 33.2 Å². The second-order valence-electron chi connectivity index (χ2n) is 6.69. The minimum absolute atomic E-state index is 0.0442. The number of hydrogen-bond donors (Lipinski definition) is 1. The Kier molecular flexibility index (Phi) is 7.86. The predicted octanol–water partition coefficient (Wildman–Crippen LogP) is 3.03. The maximum Gasteiger partial charge on any atom is 0.260 e. The molecule has 0 fully saturated rings. The number of likely N-dealkylation sites (N-methyl/N-ethyl adjacent to an activating group) is 1. The highest BCUT2D eigenvalue weighted by Gasteiger charge is 2.17. The monoisotopic (exact) mass is 368 g/mol. The molecule has 0 saturated carbocycles. The van der Waals surface area contributed by atoms with Crippen molar-refractivity contribution in [1.82, 2.24) is 10.2 Å². The first-order valence-electron chi connectivity index (χ1n) is 9.31. The van der Waals surface area contributed by atoms with Crippen molar-refractivity contribution < 1.29 is 14.3 Å². The highest BCUT2D eigenvalue weighted by Crippen LogP contribution is 2.21. The molecule has 2 aromatic rings. The van der Waals surface area contributed by atoms with Gasteiger partial charge in [-0.25, -0.2) is 0 Å².